The van der Waals surface area contributed by atoms with E-state index < -0.39 is 0 Å². The normalized spacial score (nSPS) is 18.2. The molecule has 1 fully saturated rings. The van der Waals surface area contributed by atoms with Crippen molar-refractivity contribution in [2.45, 2.75) is 45.4 Å². The molecule has 1 N–H and O–H groups in total. The molecule has 0 unspecified atom stereocenters. The maximum Gasteiger partial charge on any atom is 0.261 e. The lowest BCUT2D eigenvalue weighted by atomic mass is 9.75. The van der Waals surface area contributed by atoms with Gasteiger partial charge in [-0.15, -0.1) is 11.3 Å². The average Bonchev–Trinajstić information content (AvgIpc) is 2.95. The number of carbonyl (C=O) groups is 1. The van der Waals surface area contributed by atoms with Gasteiger partial charge in [0.1, 0.15) is 0 Å². The van der Waals surface area contributed by atoms with E-state index in [-0.39, 0.29) is 11.3 Å². The van der Waals surface area contributed by atoms with Gasteiger partial charge < -0.3 is 5.32 Å². The summed E-state index contributed by atoms with van der Waals surface area (Å²) in [5, 5.41) is 4.13. The molecule has 0 spiro atoms. The highest BCUT2D eigenvalue weighted by Gasteiger charge is 2.31. The van der Waals surface area contributed by atoms with Crippen LogP contribution >= 0.6 is 27.3 Å². The Balaban J connectivity index is 1.91. The minimum absolute atomic E-state index is 0.0931. The molecule has 0 saturated heterocycles. The van der Waals surface area contributed by atoms with Crippen LogP contribution in [0.2, 0.25) is 0 Å². The third-order valence-corrected chi connectivity index (χ3v) is 6.47. The van der Waals surface area contributed by atoms with E-state index in [4.69, 9.17) is 0 Å². The highest BCUT2D eigenvalue weighted by Crippen LogP contribution is 2.37. The fourth-order valence-electron chi connectivity index (χ4n) is 2.70. The minimum atomic E-state index is 0.0931. The molecule has 0 radical (unpaired) electrons. The Morgan fingerprint density at radius 3 is 2.68 bits per heavy atom. The average molecular weight is 344 g/mol. The summed E-state index contributed by atoms with van der Waals surface area (Å²) in [5.74, 6) is 0.0931. The third kappa shape index (κ3) is 3.82. The van der Waals surface area contributed by atoms with Crippen LogP contribution in [0.5, 0.6) is 0 Å². The van der Waals surface area contributed by atoms with E-state index in [1.165, 1.54) is 37.0 Å². The minimum Gasteiger partial charge on any atom is -0.351 e. The molecule has 0 atom stereocenters. The van der Waals surface area contributed by atoms with Gasteiger partial charge in [-0.1, -0.05) is 42.1 Å². The number of hydrogen-bond donors (Lipinski definition) is 1. The Kier molecular flexibility index (Phi) is 5.46. The quantitative estimate of drug-likeness (QED) is 0.789. The first-order valence-corrected chi connectivity index (χ1v) is 9.06. The molecule has 2 nitrogen and oxygen atoms in total. The summed E-state index contributed by atoms with van der Waals surface area (Å²) in [5.41, 5.74) is 0.277. The number of rotatable bonds is 5. The zero-order chi connectivity index (χ0) is 13.7. The van der Waals surface area contributed by atoms with Gasteiger partial charge >= 0.3 is 0 Å². The lowest BCUT2D eigenvalue weighted by Crippen LogP contribution is -2.40. The number of alkyl halides is 1. The molecule has 106 valence electrons. The van der Waals surface area contributed by atoms with Gasteiger partial charge in [-0.25, -0.2) is 0 Å². The fraction of sp³-hybridized carbons (Fsp3) is 0.667. The van der Waals surface area contributed by atoms with Crippen molar-refractivity contribution in [2.75, 3.05) is 11.9 Å². The number of carbonyl (C=O) groups excluding carboxylic acids is 1. The molecule has 0 aromatic carbocycles. The molecule has 1 amide bonds. The van der Waals surface area contributed by atoms with E-state index in [0.29, 0.717) is 0 Å². The molecular weight excluding hydrogens is 322 g/mol. The van der Waals surface area contributed by atoms with Crippen LogP contribution in [-0.2, 0) is 6.42 Å². The van der Waals surface area contributed by atoms with Gasteiger partial charge in [0.2, 0.25) is 0 Å². The predicted octanol–water partition coefficient (Wildman–Crippen LogP) is 4.39. The molecule has 1 aromatic heterocycles. The molecule has 1 aliphatic rings. The van der Waals surface area contributed by atoms with E-state index in [9.17, 15) is 4.79 Å². The van der Waals surface area contributed by atoms with E-state index in [0.717, 1.165) is 23.2 Å². The second-order valence-corrected chi connectivity index (χ2v) is 7.23. The lowest BCUT2D eigenvalue weighted by molar-refractivity contribution is 0.0926. The SMILES string of the molecule is CCc1ccc(C(=O)NCC2(CBr)CCCCC2)s1. The van der Waals surface area contributed by atoms with Crippen molar-refractivity contribution in [1.82, 2.24) is 5.32 Å². The highest BCUT2D eigenvalue weighted by molar-refractivity contribution is 9.09. The van der Waals surface area contributed by atoms with Crippen molar-refractivity contribution in [3.63, 3.8) is 0 Å². The Hall–Kier alpha value is -0.350. The van der Waals surface area contributed by atoms with Gasteiger partial charge in [-0.2, -0.15) is 0 Å². The second-order valence-electron chi connectivity index (χ2n) is 5.50. The molecule has 2 rings (SSSR count). The topological polar surface area (TPSA) is 29.1 Å². The van der Waals surface area contributed by atoms with Gasteiger partial charge in [0.25, 0.3) is 5.91 Å². The standard InChI is InChI=1S/C15H22BrNOS/c1-2-12-6-7-13(19-12)14(18)17-11-15(10-16)8-4-3-5-9-15/h6-7H,2-5,8-11H2,1H3,(H,17,18). The van der Waals surface area contributed by atoms with E-state index in [1.54, 1.807) is 11.3 Å². The molecule has 1 heterocycles. The van der Waals surface area contributed by atoms with Crippen LogP contribution in [0.3, 0.4) is 0 Å². The molecule has 0 bridgehead atoms. The van der Waals surface area contributed by atoms with Gasteiger partial charge in [-0.3, -0.25) is 4.79 Å². The van der Waals surface area contributed by atoms with Crippen molar-refractivity contribution in [1.29, 1.82) is 0 Å². The van der Waals surface area contributed by atoms with Gasteiger partial charge in [0, 0.05) is 16.8 Å². The van der Waals surface area contributed by atoms with Crippen LogP contribution in [0, 0.1) is 5.41 Å². The smallest absolute Gasteiger partial charge is 0.261 e. The Morgan fingerprint density at radius 2 is 2.11 bits per heavy atom. The van der Waals surface area contributed by atoms with Crippen LogP contribution < -0.4 is 5.32 Å². The third-order valence-electron chi connectivity index (χ3n) is 4.06. The van der Waals surface area contributed by atoms with Crippen LogP contribution in [0.15, 0.2) is 12.1 Å². The molecule has 19 heavy (non-hydrogen) atoms. The first-order valence-electron chi connectivity index (χ1n) is 7.12. The van der Waals surface area contributed by atoms with Gasteiger partial charge in [0.15, 0.2) is 0 Å². The summed E-state index contributed by atoms with van der Waals surface area (Å²) in [6, 6.07) is 4.00. The maximum absolute atomic E-state index is 12.2. The zero-order valence-corrected chi connectivity index (χ0v) is 13.9. The fourth-order valence-corrected chi connectivity index (χ4v) is 4.33. The summed E-state index contributed by atoms with van der Waals surface area (Å²) >= 11 is 5.25. The maximum atomic E-state index is 12.2. The van der Waals surface area contributed by atoms with Crippen LogP contribution in [0.4, 0.5) is 0 Å². The van der Waals surface area contributed by atoms with Gasteiger partial charge in [0.05, 0.1) is 4.88 Å². The monoisotopic (exact) mass is 343 g/mol. The molecule has 0 aliphatic heterocycles. The second kappa shape index (κ2) is 6.89. The summed E-state index contributed by atoms with van der Waals surface area (Å²) in [4.78, 5) is 14.3. The molecule has 1 saturated carbocycles. The summed E-state index contributed by atoms with van der Waals surface area (Å²) in [7, 11) is 0. The van der Waals surface area contributed by atoms with Crippen molar-refractivity contribution in [3.05, 3.63) is 21.9 Å². The van der Waals surface area contributed by atoms with Gasteiger partial charge in [-0.05, 0) is 36.8 Å². The zero-order valence-electron chi connectivity index (χ0n) is 11.5. The number of nitrogens with one attached hydrogen (secondary N) is 1. The predicted molar refractivity (Wildman–Crippen MR) is 85.3 cm³/mol. The van der Waals surface area contributed by atoms with Crippen molar-refractivity contribution >= 4 is 33.2 Å². The van der Waals surface area contributed by atoms with E-state index >= 15 is 0 Å². The van der Waals surface area contributed by atoms with Crippen LogP contribution in [0.25, 0.3) is 0 Å². The van der Waals surface area contributed by atoms with Crippen LogP contribution in [0.1, 0.15) is 53.6 Å². The largest absolute Gasteiger partial charge is 0.351 e. The number of hydrogen-bond acceptors (Lipinski definition) is 2. The van der Waals surface area contributed by atoms with Crippen molar-refractivity contribution in [2.24, 2.45) is 5.41 Å². The highest BCUT2D eigenvalue weighted by atomic mass is 79.9. The Bertz CT molecular complexity index is 424. The first kappa shape index (κ1) is 15.0. The molecule has 1 aromatic rings. The summed E-state index contributed by atoms with van der Waals surface area (Å²) in [6.07, 6.45) is 7.38. The Morgan fingerprint density at radius 1 is 1.37 bits per heavy atom. The van der Waals surface area contributed by atoms with Crippen LogP contribution in [-0.4, -0.2) is 17.8 Å². The van der Waals surface area contributed by atoms with Crippen molar-refractivity contribution in [3.8, 4) is 0 Å². The summed E-state index contributed by atoms with van der Waals surface area (Å²) < 4.78 is 0. The molecule has 1 aliphatic carbocycles. The lowest BCUT2D eigenvalue weighted by Gasteiger charge is -2.35. The molecule has 4 heteroatoms. The first-order chi connectivity index (χ1) is 9.19. The Labute approximate surface area is 128 Å². The number of thiophene rings is 1. The molecular formula is C15H22BrNOS. The number of halogens is 1. The van der Waals surface area contributed by atoms with E-state index in [1.807, 2.05) is 6.07 Å². The van der Waals surface area contributed by atoms with E-state index in [2.05, 4.69) is 34.2 Å². The number of aryl methyl sites for hydroxylation is 1. The summed E-state index contributed by atoms with van der Waals surface area (Å²) in [6.45, 7) is 2.92. The number of amides is 1. The van der Waals surface area contributed by atoms with Crippen molar-refractivity contribution < 1.29 is 4.79 Å².